The second kappa shape index (κ2) is 7.24. The third kappa shape index (κ3) is 3.98. The highest BCUT2D eigenvalue weighted by atomic mass is 32.2. The van der Waals surface area contributed by atoms with Gasteiger partial charge in [0.2, 0.25) is 15.9 Å². The third-order valence-electron chi connectivity index (χ3n) is 3.60. The van der Waals surface area contributed by atoms with E-state index in [1.165, 1.54) is 4.31 Å². The number of sulfonamides is 1. The van der Waals surface area contributed by atoms with Crippen molar-refractivity contribution in [2.75, 3.05) is 39.8 Å². The molecule has 1 N–H and O–H groups in total. The lowest BCUT2D eigenvalue weighted by Crippen LogP contribution is -2.47. The van der Waals surface area contributed by atoms with Gasteiger partial charge in [-0.25, -0.2) is 18.2 Å². The summed E-state index contributed by atoms with van der Waals surface area (Å²) in [5, 5.41) is 9.27. The van der Waals surface area contributed by atoms with Crippen molar-refractivity contribution >= 4 is 16.0 Å². The zero-order valence-corrected chi connectivity index (χ0v) is 14.0. The highest BCUT2D eigenvalue weighted by Gasteiger charge is 2.29. The lowest BCUT2D eigenvalue weighted by atomic mass is 10.3. The van der Waals surface area contributed by atoms with Crippen LogP contribution in [0.5, 0.6) is 5.88 Å². The van der Waals surface area contributed by atoms with Crippen LogP contribution < -0.4 is 4.74 Å². The Balaban J connectivity index is 2.31. The summed E-state index contributed by atoms with van der Waals surface area (Å²) in [6.45, 7) is 4.21. The molecule has 1 aromatic heterocycles. The fraction of sp³-hybridized carbons (Fsp3) is 0.571. The van der Waals surface area contributed by atoms with Gasteiger partial charge in [-0.3, -0.25) is 0 Å². The zero-order valence-electron chi connectivity index (χ0n) is 13.2. The first-order chi connectivity index (χ1) is 10.9. The number of hydrogen-bond donors (Lipinski definition) is 1. The maximum atomic E-state index is 12.6. The Morgan fingerprint density at radius 2 is 2.00 bits per heavy atom. The van der Waals surface area contributed by atoms with Gasteiger partial charge in [-0.2, -0.15) is 4.31 Å². The van der Waals surface area contributed by atoms with E-state index >= 15 is 0 Å². The zero-order chi connectivity index (χ0) is 17.0. The summed E-state index contributed by atoms with van der Waals surface area (Å²) in [6, 6.07) is 1.12. The summed E-state index contributed by atoms with van der Waals surface area (Å²) in [4.78, 5) is 17.2. The van der Waals surface area contributed by atoms with Crippen LogP contribution >= 0.6 is 0 Å². The number of ether oxygens (including phenoxy) is 1. The summed E-state index contributed by atoms with van der Waals surface area (Å²) < 4.78 is 31.9. The lowest BCUT2D eigenvalue weighted by molar-refractivity contribution is 0.0690. The van der Waals surface area contributed by atoms with E-state index in [0.29, 0.717) is 39.2 Å². The van der Waals surface area contributed by atoms with Crippen LogP contribution in [0.4, 0.5) is 0 Å². The molecule has 23 heavy (non-hydrogen) atoms. The second-order valence-corrected chi connectivity index (χ2v) is 7.32. The summed E-state index contributed by atoms with van der Waals surface area (Å²) >= 11 is 0. The number of piperazine rings is 1. The van der Waals surface area contributed by atoms with Gasteiger partial charge in [0.15, 0.2) is 0 Å². The van der Waals surface area contributed by atoms with Gasteiger partial charge in [-0.15, -0.1) is 0 Å². The van der Waals surface area contributed by atoms with E-state index in [1.54, 1.807) is 0 Å². The van der Waals surface area contributed by atoms with Gasteiger partial charge in [0.05, 0.1) is 12.8 Å². The average Bonchev–Trinajstić information content (AvgIpc) is 2.53. The molecule has 1 fully saturated rings. The molecule has 0 bridgehead atoms. The molecule has 8 nitrogen and oxygen atoms in total. The SMILES string of the molecule is CCCOc1ncc(S(=O)(=O)N2CCN(C)CC2)cc1C(=O)O. The molecular weight excluding hydrogens is 322 g/mol. The van der Waals surface area contributed by atoms with E-state index in [2.05, 4.69) is 4.98 Å². The van der Waals surface area contributed by atoms with E-state index in [4.69, 9.17) is 4.74 Å². The van der Waals surface area contributed by atoms with E-state index < -0.39 is 16.0 Å². The molecule has 0 atom stereocenters. The Hall–Kier alpha value is -1.71. The van der Waals surface area contributed by atoms with Crippen molar-refractivity contribution in [1.29, 1.82) is 0 Å². The number of carboxylic acids is 1. The van der Waals surface area contributed by atoms with E-state index in [0.717, 1.165) is 12.3 Å². The summed E-state index contributed by atoms with van der Waals surface area (Å²) in [6.07, 6.45) is 1.85. The van der Waals surface area contributed by atoms with Gasteiger partial charge < -0.3 is 14.7 Å². The van der Waals surface area contributed by atoms with Crippen molar-refractivity contribution in [2.45, 2.75) is 18.2 Å². The number of hydrogen-bond acceptors (Lipinski definition) is 6. The fourth-order valence-electron chi connectivity index (χ4n) is 2.22. The molecule has 0 radical (unpaired) electrons. The van der Waals surface area contributed by atoms with Crippen molar-refractivity contribution in [2.24, 2.45) is 0 Å². The molecule has 2 heterocycles. The molecule has 1 aliphatic rings. The standard InChI is InChI=1S/C14H21N3O5S/c1-3-8-22-13-12(14(18)19)9-11(10-15-13)23(20,21)17-6-4-16(2)5-7-17/h9-10H,3-8H2,1-2H3,(H,18,19). The minimum Gasteiger partial charge on any atom is -0.477 e. The Bertz CT molecular complexity index is 669. The number of likely N-dealkylation sites (N-methyl/N-ethyl adjacent to an activating group) is 1. The number of carbonyl (C=O) groups is 1. The predicted octanol–water partition coefficient (Wildman–Crippen LogP) is 0.505. The van der Waals surface area contributed by atoms with Gasteiger partial charge in [0.1, 0.15) is 10.5 Å². The molecular formula is C14H21N3O5S. The average molecular weight is 343 g/mol. The van der Waals surface area contributed by atoms with Gasteiger partial charge in [-0.1, -0.05) is 6.92 Å². The normalized spacial score (nSPS) is 17.1. The first-order valence-electron chi connectivity index (χ1n) is 7.41. The monoisotopic (exact) mass is 343 g/mol. The van der Waals surface area contributed by atoms with Crippen molar-refractivity contribution in [3.63, 3.8) is 0 Å². The van der Waals surface area contributed by atoms with Crippen LogP contribution in [0.2, 0.25) is 0 Å². The smallest absolute Gasteiger partial charge is 0.341 e. The molecule has 1 saturated heterocycles. The van der Waals surface area contributed by atoms with Gasteiger partial charge in [0, 0.05) is 26.2 Å². The minimum absolute atomic E-state index is 0.0586. The summed E-state index contributed by atoms with van der Waals surface area (Å²) in [5.74, 6) is -1.32. The van der Waals surface area contributed by atoms with Gasteiger partial charge >= 0.3 is 5.97 Å². The van der Waals surface area contributed by atoms with Crippen LogP contribution in [-0.4, -0.2) is 73.5 Å². The molecule has 9 heteroatoms. The second-order valence-electron chi connectivity index (χ2n) is 5.38. The maximum absolute atomic E-state index is 12.6. The van der Waals surface area contributed by atoms with E-state index in [-0.39, 0.29) is 16.3 Å². The van der Waals surface area contributed by atoms with Crippen LogP contribution in [0.1, 0.15) is 23.7 Å². The van der Waals surface area contributed by atoms with Crippen LogP contribution in [-0.2, 0) is 10.0 Å². The van der Waals surface area contributed by atoms with Gasteiger partial charge in [-0.05, 0) is 19.5 Å². The first kappa shape index (κ1) is 17.6. The largest absolute Gasteiger partial charge is 0.477 e. The lowest BCUT2D eigenvalue weighted by Gasteiger charge is -2.31. The predicted molar refractivity (Wildman–Crippen MR) is 83.2 cm³/mol. The molecule has 2 rings (SSSR count). The Kier molecular flexibility index (Phi) is 5.55. The molecule has 0 unspecified atom stereocenters. The molecule has 0 aromatic carbocycles. The van der Waals surface area contributed by atoms with E-state index in [1.807, 2.05) is 18.9 Å². The molecule has 0 aliphatic carbocycles. The quantitative estimate of drug-likeness (QED) is 0.803. The number of aromatic nitrogens is 1. The Morgan fingerprint density at radius 3 is 2.57 bits per heavy atom. The first-order valence-corrected chi connectivity index (χ1v) is 8.85. The number of rotatable bonds is 6. The molecule has 128 valence electrons. The number of pyridine rings is 1. The Morgan fingerprint density at radius 1 is 1.35 bits per heavy atom. The number of nitrogens with zero attached hydrogens (tertiary/aromatic N) is 3. The fourth-order valence-corrected chi connectivity index (χ4v) is 3.61. The molecule has 1 aromatic rings. The van der Waals surface area contributed by atoms with Crippen molar-refractivity contribution < 1.29 is 23.1 Å². The highest BCUT2D eigenvalue weighted by molar-refractivity contribution is 7.89. The number of aromatic carboxylic acids is 1. The van der Waals surface area contributed by atoms with Gasteiger partial charge in [0.25, 0.3) is 0 Å². The van der Waals surface area contributed by atoms with Crippen molar-refractivity contribution in [3.8, 4) is 5.88 Å². The topological polar surface area (TPSA) is 100 Å². The number of carboxylic acid groups (broad SMARTS) is 1. The molecule has 0 spiro atoms. The highest BCUT2D eigenvalue weighted by Crippen LogP contribution is 2.23. The van der Waals surface area contributed by atoms with Crippen molar-refractivity contribution in [3.05, 3.63) is 17.8 Å². The Labute approximate surface area is 135 Å². The summed E-state index contributed by atoms with van der Waals surface area (Å²) in [7, 11) is -1.83. The third-order valence-corrected chi connectivity index (χ3v) is 5.46. The van der Waals surface area contributed by atoms with Crippen LogP contribution in [0, 0.1) is 0 Å². The van der Waals surface area contributed by atoms with Crippen LogP contribution in [0.25, 0.3) is 0 Å². The summed E-state index contributed by atoms with van der Waals surface area (Å²) in [5.41, 5.74) is -0.242. The molecule has 1 aliphatic heterocycles. The van der Waals surface area contributed by atoms with Crippen LogP contribution in [0.3, 0.4) is 0 Å². The minimum atomic E-state index is -3.75. The van der Waals surface area contributed by atoms with E-state index in [9.17, 15) is 18.3 Å². The van der Waals surface area contributed by atoms with Crippen molar-refractivity contribution in [1.82, 2.24) is 14.2 Å². The molecule has 0 amide bonds. The maximum Gasteiger partial charge on any atom is 0.341 e. The van der Waals surface area contributed by atoms with Crippen LogP contribution in [0.15, 0.2) is 17.2 Å². The molecule has 0 saturated carbocycles.